The van der Waals surface area contributed by atoms with Crippen LogP contribution in [0.3, 0.4) is 0 Å². The van der Waals surface area contributed by atoms with Crippen LogP contribution in [0, 0.1) is 0 Å². The third kappa shape index (κ3) is 6.26. The average Bonchev–Trinajstić information content (AvgIpc) is 2.30. The molecule has 0 aliphatic carbocycles. The van der Waals surface area contributed by atoms with Crippen molar-refractivity contribution in [3.63, 3.8) is 0 Å². The Balaban J connectivity index is 2.38. The number of rotatable bonds is 0. The molecule has 98 valence electrons. The van der Waals surface area contributed by atoms with Crippen LogP contribution in [0.4, 0.5) is 0 Å². The van der Waals surface area contributed by atoms with Gasteiger partial charge in [0.2, 0.25) is 0 Å². The monoisotopic (exact) mass is 243 g/mol. The van der Waals surface area contributed by atoms with Crippen LogP contribution in [0.2, 0.25) is 0 Å². The van der Waals surface area contributed by atoms with E-state index in [0.29, 0.717) is 13.2 Å². The number of hydrogen-bond acceptors (Lipinski definition) is 5. The topological polar surface area (TPSA) is 78.6 Å². The molecule has 0 aromatic rings. The molecule has 1 aliphatic heterocycles. The first-order valence-corrected chi connectivity index (χ1v) is 6.28. The van der Waals surface area contributed by atoms with Gasteiger partial charge in [-0.25, -0.2) is 0 Å². The second kappa shape index (κ2) is 8.06. The van der Waals surface area contributed by atoms with Crippen LogP contribution >= 0.6 is 0 Å². The molecule has 0 bridgehead atoms. The van der Waals surface area contributed by atoms with Gasteiger partial charge in [0.25, 0.3) is 0 Å². The third-order valence-corrected chi connectivity index (χ3v) is 2.74. The van der Waals surface area contributed by atoms with E-state index in [9.17, 15) is 9.59 Å². The van der Waals surface area contributed by atoms with Crippen LogP contribution in [0.25, 0.3) is 0 Å². The molecule has 1 unspecified atom stereocenters. The van der Waals surface area contributed by atoms with Gasteiger partial charge in [0.05, 0.1) is 19.6 Å². The molecule has 1 saturated heterocycles. The van der Waals surface area contributed by atoms with E-state index < -0.39 is 18.0 Å². The fourth-order valence-corrected chi connectivity index (χ4v) is 1.70. The SMILES string of the molecule is NC1CC(=O)OCCCCCCCCOC1=O. The van der Waals surface area contributed by atoms with Crippen molar-refractivity contribution >= 4 is 11.9 Å². The zero-order chi connectivity index (χ0) is 12.5. The standard InChI is InChI=1S/C12H21NO4/c13-10-9-11(14)16-7-5-3-1-2-4-6-8-17-12(10)15/h10H,1-9,13H2. The molecule has 0 radical (unpaired) electrons. The predicted molar refractivity (Wildman–Crippen MR) is 62.2 cm³/mol. The largest absolute Gasteiger partial charge is 0.466 e. The first-order chi connectivity index (χ1) is 8.20. The highest BCUT2D eigenvalue weighted by Crippen LogP contribution is 2.07. The van der Waals surface area contributed by atoms with Crippen molar-refractivity contribution in [3.05, 3.63) is 0 Å². The average molecular weight is 243 g/mol. The molecule has 1 heterocycles. The third-order valence-electron chi connectivity index (χ3n) is 2.74. The van der Waals surface area contributed by atoms with Gasteiger partial charge in [0.1, 0.15) is 6.04 Å². The molecular weight excluding hydrogens is 222 g/mol. The van der Waals surface area contributed by atoms with Crippen molar-refractivity contribution in [3.8, 4) is 0 Å². The normalized spacial score (nSPS) is 25.6. The summed E-state index contributed by atoms with van der Waals surface area (Å²) in [5.41, 5.74) is 5.54. The molecule has 2 N–H and O–H groups in total. The molecule has 0 saturated carbocycles. The van der Waals surface area contributed by atoms with Crippen molar-refractivity contribution in [2.75, 3.05) is 13.2 Å². The molecular formula is C12H21NO4. The minimum Gasteiger partial charge on any atom is -0.466 e. The lowest BCUT2D eigenvalue weighted by atomic mass is 10.1. The lowest BCUT2D eigenvalue weighted by molar-refractivity contribution is -0.152. The first-order valence-electron chi connectivity index (χ1n) is 6.28. The van der Waals surface area contributed by atoms with Crippen LogP contribution in [-0.2, 0) is 19.1 Å². The molecule has 1 atom stereocenters. The Labute approximate surface area is 102 Å². The molecule has 0 amide bonds. The summed E-state index contributed by atoms with van der Waals surface area (Å²) in [5.74, 6) is -0.939. The lowest BCUT2D eigenvalue weighted by Gasteiger charge is -2.12. The van der Waals surface area contributed by atoms with E-state index in [2.05, 4.69) is 0 Å². The van der Waals surface area contributed by atoms with Crippen molar-refractivity contribution in [1.82, 2.24) is 0 Å². The van der Waals surface area contributed by atoms with Crippen molar-refractivity contribution in [1.29, 1.82) is 0 Å². The number of esters is 2. The molecule has 0 aromatic heterocycles. The smallest absolute Gasteiger partial charge is 0.323 e. The zero-order valence-corrected chi connectivity index (χ0v) is 10.2. The van der Waals surface area contributed by atoms with E-state index in [1.807, 2.05) is 0 Å². The summed E-state index contributed by atoms with van der Waals surface area (Å²) in [4.78, 5) is 22.7. The van der Waals surface area contributed by atoms with E-state index >= 15 is 0 Å². The van der Waals surface area contributed by atoms with Crippen LogP contribution in [0.5, 0.6) is 0 Å². The van der Waals surface area contributed by atoms with Gasteiger partial charge in [-0.2, -0.15) is 0 Å². The van der Waals surface area contributed by atoms with Gasteiger partial charge in [-0.05, 0) is 12.8 Å². The molecule has 5 nitrogen and oxygen atoms in total. The lowest BCUT2D eigenvalue weighted by Crippen LogP contribution is -2.35. The van der Waals surface area contributed by atoms with Gasteiger partial charge in [-0.1, -0.05) is 25.7 Å². The number of ether oxygens (including phenoxy) is 2. The van der Waals surface area contributed by atoms with Gasteiger partial charge in [-0.3, -0.25) is 9.59 Å². The summed E-state index contributed by atoms with van der Waals surface area (Å²) < 4.78 is 9.95. The number of hydrogen-bond donors (Lipinski definition) is 1. The zero-order valence-electron chi connectivity index (χ0n) is 10.2. The van der Waals surface area contributed by atoms with Gasteiger partial charge in [-0.15, -0.1) is 0 Å². The first kappa shape index (κ1) is 14.0. The Morgan fingerprint density at radius 1 is 0.882 bits per heavy atom. The fourth-order valence-electron chi connectivity index (χ4n) is 1.70. The number of nitrogens with two attached hydrogens (primary N) is 1. The number of carbonyl (C=O) groups excluding carboxylic acids is 2. The molecule has 17 heavy (non-hydrogen) atoms. The summed E-state index contributed by atoms with van der Waals surface area (Å²) in [5, 5.41) is 0. The van der Waals surface area contributed by atoms with E-state index in [1.165, 1.54) is 0 Å². The molecule has 1 aliphatic rings. The Kier molecular flexibility index (Phi) is 6.62. The van der Waals surface area contributed by atoms with Gasteiger partial charge in [0.15, 0.2) is 0 Å². The summed E-state index contributed by atoms with van der Waals surface area (Å²) in [7, 11) is 0. The molecule has 5 heteroatoms. The van der Waals surface area contributed by atoms with E-state index in [4.69, 9.17) is 15.2 Å². The summed E-state index contributed by atoms with van der Waals surface area (Å²) in [6, 6.07) is -0.898. The number of carbonyl (C=O) groups is 2. The highest BCUT2D eigenvalue weighted by atomic mass is 16.5. The van der Waals surface area contributed by atoms with Crippen LogP contribution in [-0.4, -0.2) is 31.2 Å². The maximum Gasteiger partial charge on any atom is 0.323 e. The van der Waals surface area contributed by atoms with Crippen molar-refractivity contribution in [2.24, 2.45) is 5.73 Å². The van der Waals surface area contributed by atoms with Crippen molar-refractivity contribution < 1.29 is 19.1 Å². The van der Waals surface area contributed by atoms with Gasteiger partial charge < -0.3 is 15.2 Å². The molecule has 1 rings (SSSR count). The van der Waals surface area contributed by atoms with Gasteiger partial charge >= 0.3 is 11.9 Å². The van der Waals surface area contributed by atoms with E-state index in [1.54, 1.807) is 0 Å². The number of cyclic esters (lactones) is 2. The molecule has 0 spiro atoms. The second-order valence-corrected chi connectivity index (χ2v) is 4.32. The molecule has 1 fully saturated rings. The Bertz CT molecular complexity index is 255. The molecule has 0 aromatic carbocycles. The Morgan fingerprint density at radius 3 is 2.06 bits per heavy atom. The highest BCUT2D eigenvalue weighted by molar-refractivity contribution is 5.82. The predicted octanol–water partition coefficient (Wildman–Crippen LogP) is 1.14. The van der Waals surface area contributed by atoms with Crippen LogP contribution in [0.15, 0.2) is 0 Å². The maximum atomic E-state index is 11.4. The van der Waals surface area contributed by atoms with Crippen molar-refractivity contribution in [2.45, 2.75) is 51.0 Å². The van der Waals surface area contributed by atoms with E-state index in [-0.39, 0.29) is 6.42 Å². The van der Waals surface area contributed by atoms with Crippen LogP contribution < -0.4 is 5.73 Å². The minimum atomic E-state index is -0.898. The summed E-state index contributed by atoms with van der Waals surface area (Å²) in [6.45, 7) is 0.808. The highest BCUT2D eigenvalue weighted by Gasteiger charge is 2.19. The maximum absolute atomic E-state index is 11.4. The Morgan fingerprint density at radius 2 is 1.41 bits per heavy atom. The minimum absolute atomic E-state index is 0.0984. The van der Waals surface area contributed by atoms with Crippen LogP contribution in [0.1, 0.15) is 44.9 Å². The van der Waals surface area contributed by atoms with Gasteiger partial charge in [0, 0.05) is 0 Å². The quantitative estimate of drug-likeness (QED) is 0.645. The Hall–Kier alpha value is -1.10. The summed E-state index contributed by atoms with van der Waals surface area (Å²) >= 11 is 0. The summed E-state index contributed by atoms with van der Waals surface area (Å²) in [6.07, 6.45) is 6.02. The fraction of sp³-hybridized carbons (Fsp3) is 0.833. The van der Waals surface area contributed by atoms with E-state index in [0.717, 1.165) is 38.5 Å². The second-order valence-electron chi connectivity index (χ2n) is 4.32.